The van der Waals surface area contributed by atoms with Crippen molar-refractivity contribution >= 4 is 56.5 Å². The summed E-state index contributed by atoms with van der Waals surface area (Å²) in [5.74, 6) is 0.315. The van der Waals surface area contributed by atoms with E-state index < -0.39 is 17.7 Å². The number of carbonyl (C=O) groups excluding carboxylic acids is 2. The lowest BCUT2D eigenvalue weighted by molar-refractivity contribution is -0.132. The molecule has 0 aliphatic carbocycles. The van der Waals surface area contributed by atoms with Crippen LogP contribution >= 0.6 is 23.1 Å². The molecule has 5 aromatic rings. The molecule has 1 aromatic heterocycles. The highest BCUT2D eigenvalue weighted by atomic mass is 32.2. The predicted octanol–water partition coefficient (Wildman–Crippen LogP) is 7.56. The smallest absolute Gasteiger partial charge is 0.301 e. The van der Waals surface area contributed by atoms with E-state index >= 15 is 0 Å². The number of aliphatic hydroxyl groups excluding tert-OH is 1. The van der Waals surface area contributed by atoms with Crippen LogP contribution in [0, 0.1) is 0 Å². The van der Waals surface area contributed by atoms with Gasteiger partial charge in [-0.15, -0.1) is 10.2 Å². The van der Waals surface area contributed by atoms with E-state index in [4.69, 9.17) is 14.2 Å². The van der Waals surface area contributed by atoms with Crippen molar-refractivity contribution in [1.82, 2.24) is 10.2 Å². The Kier molecular flexibility index (Phi) is 8.82. The second-order valence-electron chi connectivity index (χ2n) is 11.1. The van der Waals surface area contributed by atoms with Gasteiger partial charge in [0.15, 0.2) is 15.8 Å². The molecule has 0 radical (unpaired) electrons. The molecule has 0 saturated carbocycles. The van der Waals surface area contributed by atoms with E-state index in [1.165, 1.54) is 28.0 Å². The Hall–Kier alpha value is -4.87. The molecule has 2 aliphatic rings. The number of thioether (sulfide) groups is 1. The van der Waals surface area contributed by atoms with Crippen LogP contribution in [-0.4, -0.2) is 46.8 Å². The maximum Gasteiger partial charge on any atom is 0.301 e. The van der Waals surface area contributed by atoms with E-state index in [2.05, 4.69) is 41.4 Å². The fourth-order valence-corrected chi connectivity index (χ4v) is 7.59. The minimum Gasteiger partial charge on any atom is -0.507 e. The van der Waals surface area contributed by atoms with E-state index in [-0.39, 0.29) is 16.5 Å². The summed E-state index contributed by atoms with van der Waals surface area (Å²) in [5, 5.41) is 23.0. The minimum absolute atomic E-state index is 0.0578. The normalized spacial score (nSPS) is 17.0. The van der Waals surface area contributed by atoms with E-state index in [0.717, 1.165) is 29.2 Å². The van der Waals surface area contributed by atoms with Crippen LogP contribution < -0.4 is 19.1 Å². The zero-order valence-corrected chi connectivity index (χ0v) is 27.2. The van der Waals surface area contributed by atoms with Gasteiger partial charge in [-0.1, -0.05) is 91.0 Å². The molecule has 4 aromatic carbocycles. The summed E-state index contributed by atoms with van der Waals surface area (Å²) in [6.45, 7) is 3.40. The number of fused-ring (bicyclic) bond motifs is 2. The van der Waals surface area contributed by atoms with E-state index in [0.29, 0.717) is 58.3 Å². The molecule has 2 aliphatic heterocycles. The second kappa shape index (κ2) is 13.5. The van der Waals surface area contributed by atoms with Gasteiger partial charge >= 0.3 is 5.91 Å². The second-order valence-corrected chi connectivity index (χ2v) is 13.3. The van der Waals surface area contributed by atoms with Crippen LogP contribution in [0.4, 0.5) is 5.13 Å². The fourth-order valence-electron chi connectivity index (χ4n) is 5.72. The van der Waals surface area contributed by atoms with Gasteiger partial charge in [-0.25, -0.2) is 0 Å². The number of hydrogen-bond donors (Lipinski definition) is 1. The van der Waals surface area contributed by atoms with Crippen molar-refractivity contribution in [3.8, 4) is 17.2 Å². The lowest BCUT2D eigenvalue weighted by atomic mass is 9.95. The van der Waals surface area contributed by atoms with Gasteiger partial charge in [-0.3, -0.25) is 14.5 Å². The summed E-state index contributed by atoms with van der Waals surface area (Å²) >= 11 is 2.74. The van der Waals surface area contributed by atoms with Crippen LogP contribution in [0.3, 0.4) is 0 Å². The van der Waals surface area contributed by atoms with Gasteiger partial charge in [0.05, 0.1) is 18.2 Å². The van der Waals surface area contributed by atoms with Crippen LogP contribution in [-0.2, 0) is 15.3 Å². The number of benzene rings is 4. The number of carbonyl (C=O) groups is 2. The van der Waals surface area contributed by atoms with Gasteiger partial charge in [0.2, 0.25) is 5.13 Å². The number of unbranched alkanes of at least 4 members (excludes halogenated alkanes) is 1. The molecule has 47 heavy (non-hydrogen) atoms. The molecule has 1 amide bonds. The summed E-state index contributed by atoms with van der Waals surface area (Å²) in [7, 11) is 0. The van der Waals surface area contributed by atoms with Crippen LogP contribution in [0.2, 0.25) is 0 Å². The third kappa shape index (κ3) is 6.16. The summed E-state index contributed by atoms with van der Waals surface area (Å²) < 4.78 is 18.0. The third-order valence-corrected chi connectivity index (χ3v) is 10.1. The fraction of sp³-hybridized carbons (Fsp3) is 0.222. The Morgan fingerprint density at radius 3 is 2.66 bits per heavy atom. The Bertz CT molecular complexity index is 2000. The van der Waals surface area contributed by atoms with Crippen molar-refractivity contribution < 1.29 is 28.9 Å². The molecule has 3 heterocycles. The molecule has 1 fully saturated rings. The molecule has 1 atom stereocenters. The number of aromatic nitrogens is 2. The van der Waals surface area contributed by atoms with Gasteiger partial charge in [0, 0.05) is 11.3 Å². The van der Waals surface area contributed by atoms with Crippen LogP contribution in [0.25, 0.3) is 16.5 Å². The van der Waals surface area contributed by atoms with Crippen molar-refractivity contribution in [1.29, 1.82) is 0 Å². The standard InChI is InChI=1S/C36H31N3O6S2/c1-2-3-16-43-26-12-7-10-23(19-26)31-30(32(40)24-14-15-28-29(20-24)45-18-17-44-28)33(41)34(42)39(31)35-37-38-36(47-35)46-21-25-11-6-9-22-8-4-5-13-27(22)25/h4-15,19-20,31,40H,2-3,16-18,21H2,1H3/t31-/m1/s1. The molecule has 0 unspecified atom stereocenters. The minimum atomic E-state index is -0.971. The molecule has 0 spiro atoms. The first-order valence-corrected chi connectivity index (χ1v) is 17.2. The van der Waals surface area contributed by atoms with Crippen LogP contribution in [0.5, 0.6) is 17.2 Å². The number of amides is 1. The molecule has 7 rings (SSSR count). The molecular formula is C36H31N3O6S2. The first-order valence-electron chi connectivity index (χ1n) is 15.4. The maximum absolute atomic E-state index is 13.8. The van der Waals surface area contributed by atoms with Crippen molar-refractivity contribution in [3.63, 3.8) is 0 Å². The van der Waals surface area contributed by atoms with Gasteiger partial charge in [-0.05, 0) is 58.7 Å². The first-order chi connectivity index (χ1) is 23.0. The Balaban J connectivity index is 1.25. The zero-order valence-electron chi connectivity index (χ0n) is 25.5. The summed E-state index contributed by atoms with van der Waals surface area (Å²) in [4.78, 5) is 28.9. The Morgan fingerprint density at radius 1 is 0.979 bits per heavy atom. The number of ketones is 1. The Morgan fingerprint density at radius 2 is 1.79 bits per heavy atom. The summed E-state index contributed by atoms with van der Waals surface area (Å²) in [6.07, 6.45) is 1.87. The number of nitrogens with zero attached hydrogens (tertiary/aromatic N) is 3. The van der Waals surface area contributed by atoms with Crippen LogP contribution in [0.15, 0.2) is 94.8 Å². The van der Waals surface area contributed by atoms with Crippen molar-refractivity contribution in [2.75, 3.05) is 24.7 Å². The van der Waals surface area contributed by atoms with Crippen molar-refractivity contribution in [2.45, 2.75) is 35.9 Å². The number of anilines is 1. The highest BCUT2D eigenvalue weighted by Crippen LogP contribution is 2.45. The van der Waals surface area contributed by atoms with Crippen molar-refractivity contribution in [2.24, 2.45) is 0 Å². The number of rotatable bonds is 10. The average Bonchev–Trinajstić information content (AvgIpc) is 3.68. The molecule has 1 saturated heterocycles. The summed E-state index contributed by atoms with van der Waals surface area (Å²) in [6, 6.07) is 25.6. The average molecular weight is 666 g/mol. The monoisotopic (exact) mass is 665 g/mol. The quantitative estimate of drug-likeness (QED) is 0.0403. The van der Waals surface area contributed by atoms with Gasteiger partial charge in [0.25, 0.3) is 5.78 Å². The third-order valence-electron chi connectivity index (χ3n) is 8.03. The van der Waals surface area contributed by atoms with Gasteiger partial charge < -0.3 is 19.3 Å². The molecule has 11 heteroatoms. The van der Waals surface area contributed by atoms with Gasteiger partial charge in [0.1, 0.15) is 24.7 Å². The number of ether oxygens (including phenoxy) is 3. The molecule has 0 bridgehead atoms. The van der Waals surface area contributed by atoms with E-state index in [9.17, 15) is 14.7 Å². The predicted molar refractivity (Wildman–Crippen MR) is 182 cm³/mol. The Labute approximate surface area is 279 Å². The topological polar surface area (TPSA) is 111 Å². The lowest BCUT2D eigenvalue weighted by Crippen LogP contribution is -2.29. The highest BCUT2D eigenvalue weighted by molar-refractivity contribution is 8.00. The molecule has 9 nitrogen and oxygen atoms in total. The lowest BCUT2D eigenvalue weighted by Gasteiger charge is -2.23. The molecular weight excluding hydrogens is 635 g/mol. The molecule has 1 N–H and O–H groups in total. The number of Topliss-reactive ketones (excluding diaryl/α,β-unsaturated/α-hetero) is 1. The SMILES string of the molecule is CCCCOc1cccc([C@@H]2C(=C(O)c3ccc4c(c3)OCCO4)C(=O)C(=O)N2c2nnc(SCc3cccc4ccccc34)s2)c1. The first kappa shape index (κ1) is 30.8. The van der Waals surface area contributed by atoms with Crippen LogP contribution in [0.1, 0.15) is 42.5 Å². The number of aliphatic hydroxyl groups is 1. The maximum atomic E-state index is 13.8. The molecule has 238 valence electrons. The highest BCUT2D eigenvalue weighted by Gasteiger charge is 2.48. The van der Waals surface area contributed by atoms with E-state index in [1.807, 2.05) is 36.4 Å². The summed E-state index contributed by atoms with van der Waals surface area (Å²) in [5.41, 5.74) is 2.02. The van der Waals surface area contributed by atoms with E-state index in [1.54, 1.807) is 24.3 Å². The number of hydrogen-bond acceptors (Lipinski definition) is 10. The zero-order chi connectivity index (χ0) is 32.3. The van der Waals surface area contributed by atoms with Gasteiger partial charge in [-0.2, -0.15) is 0 Å². The largest absolute Gasteiger partial charge is 0.507 e. The van der Waals surface area contributed by atoms with Crippen molar-refractivity contribution in [3.05, 3.63) is 107 Å².